The Labute approximate surface area is 434 Å². The summed E-state index contributed by atoms with van der Waals surface area (Å²) in [5, 5.41) is 0. The van der Waals surface area contributed by atoms with E-state index in [2.05, 4.69) is 191 Å². The van der Waals surface area contributed by atoms with Gasteiger partial charge in [0.25, 0.3) is 0 Å². The molecule has 0 N–H and O–H groups in total. The highest BCUT2D eigenvalue weighted by atomic mass is 16.6. The Morgan fingerprint density at radius 2 is 0.563 bits per heavy atom. The van der Waals surface area contributed by atoms with Crippen LogP contribution in [0.5, 0.6) is 0 Å². The number of hydrogen-bond donors (Lipinski definition) is 0. The largest absolute Gasteiger partial charge is 0.462 e. The van der Waals surface area contributed by atoms with Crippen LogP contribution in [0.25, 0.3) is 0 Å². The summed E-state index contributed by atoms with van der Waals surface area (Å²) >= 11 is 0. The third-order valence-corrected chi connectivity index (χ3v) is 10.7. The molecule has 394 valence electrons. The van der Waals surface area contributed by atoms with Crippen LogP contribution in [0, 0.1) is 0 Å². The predicted octanol–water partition coefficient (Wildman–Crippen LogP) is 18.8. The lowest BCUT2D eigenvalue weighted by molar-refractivity contribution is -0.167. The van der Waals surface area contributed by atoms with Gasteiger partial charge in [-0.2, -0.15) is 0 Å². The van der Waals surface area contributed by atoms with Gasteiger partial charge < -0.3 is 14.2 Å². The normalized spacial score (nSPS) is 13.5. The Morgan fingerprint density at radius 1 is 0.296 bits per heavy atom. The third kappa shape index (κ3) is 55.6. The molecule has 0 unspecified atom stereocenters. The second-order valence-electron chi connectivity index (χ2n) is 17.4. The van der Waals surface area contributed by atoms with E-state index in [0.717, 1.165) is 122 Å². The maximum absolute atomic E-state index is 12.8. The topological polar surface area (TPSA) is 78.9 Å². The van der Waals surface area contributed by atoms with Crippen molar-refractivity contribution in [3.63, 3.8) is 0 Å². The maximum atomic E-state index is 12.8. The van der Waals surface area contributed by atoms with Gasteiger partial charge in [-0.3, -0.25) is 14.4 Å². The number of unbranched alkanes of at least 4 members (excludes halogenated alkanes) is 8. The van der Waals surface area contributed by atoms with E-state index >= 15 is 0 Å². The minimum Gasteiger partial charge on any atom is -0.462 e. The van der Waals surface area contributed by atoms with Crippen LogP contribution >= 0.6 is 0 Å². The Balaban J connectivity index is 4.67. The zero-order chi connectivity index (χ0) is 51.4. The summed E-state index contributed by atoms with van der Waals surface area (Å²) in [4.78, 5) is 38.1. The van der Waals surface area contributed by atoms with Gasteiger partial charge in [-0.1, -0.05) is 210 Å². The Bertz CT molecular complexity index is 1690. The Morgan fingerprint density at radius 3 is 0.887 bits per heavy atom. The number of ether oxygens (including phenoxy) is 3. The van der Waals surface area contributed by atoms with Crippen LogP contribution in [0.3, 0.4) is 0 Å². The van der Waals surface area contributed by atoms with Gasteiger partial charge in [0.2, 0.25) is 0 Å². The SMILES string of the molecule is CC/C=C\C/C=C\C/C=C\C/C=C\C/C=C\CCCCCC(=O)OC[C@@H](COC(=O)CCC/C=C\C/C=C\C/C=C\C/C=C\CCCCC)OC(=O)CCC/C=C\C/C=C\C/C=C\C/C=C\C/C=C\CC. The summed E-state index contributed by atoms with van der Waals surface area (Å²) in [5.74, 6) is -1.10. The van der Waals surface area contributed by atoms with Crippen LogP contribution in [0.2, 0.25) is 0 Å². The van der Waals surface area contributed by atoms with Crippen molar-refractivity contribution < 1.29 is 28.6 Å². The average molecular weight is 975 g/mol. The molecular formula is C65H98O6. The average Bonchev–Trinajstić information content (AvgIpc) is 3.37. The van der Waals surface area contributed by atoms with Crippen molar-refractivity contribution in [2.75, 3.05) is 13.2 Å². The van der Waals surface area contributed by atoms with Crippen LogP contribution in [0.15, 0.2) is 170 Å². The van der Waals surface area contributed by atoms with Crippen LogP contribution in [-0.4, -0.2) is 37.2 Å². The Kier molecular flexibility index (Phi) is 53.1. The minimum absolute atomic E-state index is 0.144. The molecular weight excluding hydrogens is 877 g/mol. The quantitative estimate of drug-likeness (QED) is 0.0262. The van der Waals surface area contributed by atoms with Gasteiger partial charge in [0.15, 0.2) is 6.10 Å². The molecule has 0 aliphatic rings. The molecule has 0 amide bonds. The molecule has 0 aromatic carbocycles. The van der Waals surface area contributed by atoms with E-state index in [1.54, 1.807) is 0 Å². The molecule has 0 spiro atoms. The molecule has 0 aliphatic heterocycles. The molecule has 0 fully saturated rings. The first-order valence-corrected chi connectivity index (χ1v) is 27.6. The van der Waals surface area contributed by atoms with Gasteiger partial charge in [0.1, 0.15) is 13.2 Å². The first-order valence-electron chi connectivity index (χ1n) is 27.6. The number of rotatable bonds is 47. The fraction of sp³-hybridized carbons (Fsp3) is 0.523. The molecule has 0 heterocycles. The van der Waals surface area contributed by atoms with Gasteiger partial charge in [0.05, 0.1) is 0 Å². The molecule has 0 aliphatic carbocycles. The second-order valence-corrected chi connectivity index (χ2v) is 17.4. The first kappa shape index (κ1) is 65.8. The summed E-state index contributed by atoms with van der Waals surface area (Å²) < 4.78 is 16.7. The van der Waals surface area contributed by atoms with Crippen molar-refractivity contribution in [3.05, 3.63) is 170 Å². The molecule has 0 aromatic rings. The van der Waals surface area contributed by atoms with Gasteiger partial charge in [-0.15, -0.1) is 0 Å². The van der Waals surface area contributed by atoms with E-state index in [4.69, 9.17) is 14.2 Å². The maximum Gasteiger partial charge on any atom is 0.306 e. The van der Waals surface area contributed by atoms with Crippen molar-refractivity contribution in [2.45, 2.75) is 207 Å². The van der Waals surface area contributed by atoms with Crippen LogP contribution in [0.4, 0.5) is 0 Å². The van der Waals surface area contributed by atoms with E-state index in [-0.39, 0.29) is 44.4 Å². The Hall–Kier alpha value is -5.23. The molecule has 0 bridgehead atoms. The molecule has 0 saturated heterocycles. The zero-order valence-electron chi connectivity index (χ0n) is 44.9. The molecule has 71 heavy (non-hydrogen) atoms. The molecule has 0 radical (unpaired) electrons. The van der Waals surface area contributed by atoms with Crippen molar-refractivity contribution in [1.82, 2.24) is 0 Å². The number of esters is 3. The smallest absolute Gasteiger partial charge is 0.306 e. The van der Waals surface area contributed by atoms with Crippen molar-refractivity contribution in [1.29, 1.82) is 0 Å². The number of carbonyl (C=O) groups is 3. The summed E-state index contributed by atoms with van der Waals surface area (Å²) in [6.07, 6.45) is 84.9. The van der Waals surface area contributed by atoms with Crippen LogP contribution < -0.4 is 0 Å². The zero-order valence-corrected chi connectivity index (χ0v) is 44.9. The fourth-order valence-corrected chi connectivity index (χ4v) is 6.61. The number of carbonyl (C=O) groups excluding carboxylic acids is 3. The van der Waals surface area contributed by atoms with E-state index in [0.29, 0.717) is 12.8 Å². The summed E-state index contributed by atoms with van der Waals surface area (Å²) in [6, 6.07) is 0. The molecule has 6 heteroatoms. The van der Waals surface area contributed by atoms with Gasteiger partial charge in [-0.05, 0) is 141 Å². The van der Waals surface area contributed by atoms with E-state index in [1.807, 2.05) is 0 Å². The van der Waals surface area contributed by atoms with Crippen molar-refractivity contribution in [3.8, 4) is 0 Å². The minimum atomic E-state index is -0.854. The second kappa shape index (κ2) is 57.3. The first-order chi connectivity index (χ1) is 35.0. The van der Waals surface area contributed by atoms with Crippen LogP contribution in [-0.2, 0) is 28.6 Å². The highest BCUT2D eigenvalue weighted by Crippen LogP contribution is 2.10. The van der Waals surface area contributed by atoms with Crippen molar-refractivity contribution >= 4 is 17.9 Å². The lowest BCUT2D eigenvalue weighted by Gasteiger charge is -2.18. The standard InChI is InChI=1S/C65H98O6/c1-4-7-10-13-16-19-22-25-28-31-32-35-37-40-43-46-49-52-55-58-64(67)70-61-62(71-65(68)59-56-53-50-47-44-41-38-34-30-27-24-21-18-15-12-9-6-3)60-69-63(66)57-54-51-48-45-42-39-36-33-29-26-23-20-17-14-11-8-5-2/h7,9-10,12,16-21,25-30,32,35-36,38-41,43,45,47-48,50,62H,4-6,8,11,13-15,22-24,31,33-34,37,42,44,46,49,51-61H2,1-3H3/b10-7-,12-9-,19-16-,20-17-,21-18-,28-25-,29-26-,30-27-,35-32-,39-36-,41-38-,43-40-,48-45-,50-47-/t62-/m1/s1. The molecule has 0 aromatic heterocycles. The summed E-state index contributed by atoms with van der Waals surface area (Å²) in [6.45, 7) is 6.23. The van der Waals surface area contributed by atoms with Gasteiger partial charge in [-0.25, -0.2) is 0 Å². The molecule has 6 nitrogen and oxygen atoms in total. The van der Waals surface area contributed by atoms with Gasteiger partial charge >= 0.3 is 17.9 Å². The van der Waals surface area contributed by atoms with E-state index in [9.17, 15) is 14.4 Å². The lowest BCUT2D eigenvalue weighted by Crippen LogP contribution is -2.30. The predicted molar refractivity (Wildman–Crippen MR) is 306 cm³/mol. The summed E-state index contributed by atoms with van der Waals surface area (Å²) in [5.41, 5.74) is 0. The van der Waals surface area contributed by atoms with E-state index in [1.165, 1.54) is 25.7 Å². The monoisotopic (exact) mass is 975 g/mol. The van der Waals surface area contributed by atoms with E-state index < -0.39 is 12.1 Å². The molecule has 0 rings (SSSR count). The molecule has 0 saturated carbocycles. The lowest BCUT2D eigenvalue weighted by atomic mass is 10.1. The number of allylic oxidation sites excluding steroid dienone is 28. The fourth-order valence-electron chi connectivity index (χ4n) is 6.61. The van der Waals surface area contributed by atoms with Gasteiger partial charge in [0, 0.05) is 19.3 Å². The number of hydrogen-bond acceptors (Lipinski definition) is 6. The highest BCUT2D eigenvalue weighted by Gasteiger charge is 2.19. The van der Waals surface area contributed by atoms with Crippen LogP contribution in [0.1, 0.15) is 201 Å². The highest BCUT2D eigenvalue weighted by molar-refractivity contribution is 5.71. The molecule has 1 atom stereocenters. The third-order valence-electron chi connectivity index (χ3n) is 10.7. The summed E-state index contributed by atoms with van der Waals surface area (Å²) in [7, 11) is 0. The van der Waals surface area contributed by atoms with Crippen molar-refractivity contribution in [2.24, 2.45) is 0 Å².